The van der Waals surface area contributed by atoms with Crippen LogP contribution in [0.4, 0.5) is 27.6 Å². The van der Waals surface area contributed by atoms with Gasteiger partial charge in [-0.15, -0.1) is 45.3 Å². The van der Waals surface area contributed by atoms with Crippen molar-refractivity contribution in [1.82, 2.24) is 4.57 Å². The first-order valence-electron chi connectivity index (χ1n) is 15.1. The Bertz CT molecular complexity index is 3070. The molecule has 0 bridgehead atoms. The van der Waals surface area contributed by atoms with Crippen LogP contribution in [0.1, 0.15) is 31.8 Å². The number of thiophene rings is 4. The minimum Gasteiger partial charge on any atom is -0.340 e. The highest BCUT2D eigenvalue weighted by atomic mass is 32.1. The number of benzene rings is 2. The molecule has 0 unspecified atom stereocenters. The molecule has 9 nitrogen and oxygen atoms in total. The van der Waals surface area contributed by atoms with Gasteiger partial charge >= 0.3 is 0 Å². The molecular weight excluding hydrogens is 779 g/mol. The number of allylic oxidation sites excluding steroid dienone is 4. The Morgan fingerprint density at radius 3 is 1.35 bits per heavy atom. The summed E-state index contributed by atoms with van der Waals surface area (Å²) in [5, 5.41) is 20.0. The molecule has 54 heavy (non-hydrogen) atoms. The summed E-state index contributed by atoms with van der Waals surface area (Å²) in [7, 11) is 1.88. The van der Waals surface area contributed by atoms with Crippen LogP contribution in [-0.4, -0.2) is 27.6 Å². The molecule has 5 heterocycles. The molecule has 256 valence electrons. The second-order valence-electron chi connectivity index (χ2n) is 11.8. The largest absolute Gasteiger partial charge is 0.340 e. The van der Waals surface area contributed by atoms with Gasteiger partial charge in [0.1, 0.15) is 21.4 Å². The van der Waals surface area contributed by atoms with Crippen LogP contribution in [0.15, 0.2) is 57.8 Å². The molecule has 7 aromatic rings. The molecule has 2 aliphatic rings. The summed E-state index contributed by atoms with van der Waals surface area (Å²) in [5.41, 5.74) is -0.576. The van der Waals surface area contributed by atoms with Crippen molar-refractivity contribution < 1.29 is 27.2 Å². The number of hydrogen-bond acceptors (Lipinski definition) is 10. The van der Waals surface area contributed by atoms with Gasteiger partial charge in [-0.05, 0) is 47.5 Å². The molecule has 0 fully saturated rings. The molecule has 2 aliphatic carbocycles. The van der Waals surface area contributed by atoms with E-state index in [1.165, 1.54) is 45.3 Å². The molecule has 0 amide bonds. The quantitative estimate of drug-likeness (QED) is 0.0984. The number of Topliss-reactive ketones (excluding diaryl/α,β-unsaturated/α-hetero) is 2. The van der Waals surface area contributed by atoms with Crippen LogP contribution in [-0.2, 0) is 7.05 Å². The van der Waals surface area contributed by atoms with E-state index in [4.69, 9.17) is 13.1 Å². The zero-order valence-electron chi connectivity index (χ0n) is 26.6. The number of rotatable bonds is 2. The van der Waals surface area contributed by atoms with E-state index in [0.717, 1.165) is 63.5 Å². The molecule has 0 spiro atoms. The third-order valence-corrected chi connectivity index (χ3v) is 13.7. The number of carbonyl (C=O) groups excluding carboxylic acids is 2. The van der Waals surface area contributed by atoms with Crippen LogP contribution in [0.3, 0.4) is 0 Å². The molecule has 0 saturated carbocycles. The summed E-state index contributed by atoms with van der Waals surface area (Å²) >= 11 is 5.51. The maximum absolute atomic E-state index is 14.2. The summed E-state index contributed by atoms with van der Waals surface area (Å²) in [6, 6.07) is 10.1. The predicted molar refractivity (Wildman–Crippen MR) is 201 cm³/mol. The van der Waals surface area contributed by atoms with Gasteiger partial charge in [-0.2, -0.15) is 0 Å². The van der Waals surface area contributed by atoms with Crippen molar-refractivity contribution in [2.45, 2.75) is 0 Å². The number of aromatic nitrogens is 1. The Morgan fingerprint density at radius 1 is 0.630 bits per heavy atom. The lowest BCUT2D eigenvalue weighted by Gasteiger charge is -2.01. The lowest BCUT2D eigenvalue weighted by atomic mass is 10.0. The fourth-order valence-corrected chi connectivity index (χ4v) is 11.9. The van der Waals surface area contributed by atoms with E-state index >= 15 is 0 Å². The summed E-state index contributed by atoms with van der Waals surface area (Å²) in [5.74, 6) is -6.42. The number of ketones is 2. The third-order valence-electron chi connectivity index (χ3n) is 8.94. The zero-order valence-corrected chi connectivity index (χ0v) is 29.8. The van der Waals surface area contributed by atoms with Crippen molar-refractivity contribution in [2.24, 2.45) is 17.0 Å². The topological polar surface area (TPSA) is 120 Å². The molecule has 9 rings (SSSR count). The van der Waals surface area contributed by atoms with Crippen molar-refractivity contribution in [3.63, 3.8) is 0 Å². The van der Waals surface area contributed by atoms with E-state index in [9.17, 15) is 37.7 Å². The average Bonchev–Trinajstić information content (AvgIpc) is 3.99. The fourth-order valence-electron chi connectivity index (χ4n) is 6.67. The van der Waals surface area contributed by atoms with Crippen LogP contribution in [0, 0.1) is 59.1 Å². The number of hydrogen-bond donors (Lipinski definition) is 0. The number of fused-ring (bicyclic) bond motifs is 9. The van der Waals surface area contributed by atoms with Crippen molar-refractivity contribution >= 4 is 129 Å². The van der Waals surface area contributed by atoms with Crippen LogP contribution in [0.5, 0.6) is 0 Å². The first kappa shape index (κ1) is 33.3. The van der Waals surface area contributed by atoms with Gasteiger partial charge < -0.3 is 4.57 Å². The molecule has 0 N–H and O–H groups in total. The summed E-state index contributed by atoms with van der Waals surface area (Å²) < 4.78 is 64.0. The Labute approximate surface area is 314 Å². The smallest absolute Gasteiger partial charge is 0.271 e. The molecular formula is C37H9F4N7O2S4. The van der Waals surface area contributed by atoms with Crippen molar-refractivity contribution in [2.75, 3.05) is 0 Å². The second kappa shape index (κ2) is 11.7. The Hall–Kier alpha value is -6.60. The number of carbonyl (C=O) groups is 2. The number of aliphatic imine (C=N–C) groups is 2. The lowest BCUT2D eigenvalue weighted by molar-refractivity contribution is 0.106. The first-order valence-corrected chi connectivity index (χ1v) is 18.4. The molecule has 5 aromatic heterocycles. The van der Waals surface area contributed by atoms with E-state index < -0.39 is 46.2 Å². The van der Waals surface area contributed by atoms with E-state index in [0.29, 0.717) is 10.0 Å². The second-order valence-corrected chi connectivity index (χ2v) is 15.9. The van der Waals surface area contributed by atoms with E-state index in [1.54, 1.807) is 24.3 Å². The normalized spacial score (nSPS) is 17.1. The Balaban J connectivity index is 1.16. The maximum Gasteiger partial charge on any atom is 0.271 e. The minimum atomic E-state index is -1.24. The van der Waals surface area contributed by atoms with Crippen molar-refractivity contribution in [3.05, 3.63) is 116 Å². The molecule has 0 aliphatic heterocycles. The Morgan fingerprint density at radius 2 is 1.00 bits per heavy atom. The van der Waals surface area contributed by atoms with E-state index in [1.807, 2.05) is 11.6 Å². The number of nitriles is 2. The van der Waals surface area contributed by atoms with Crippen LogP contribution in [0.2, 0.25) is 0 Å². The number of nitrogens with zero attached hydrogens (tertiary/aromatic N) is 7. The summed E-state index contributed by atoms with van der Waals surface area (Å²) in [4.78, 5) is 42.2. The van der Waals surface area contributed by atoms with Gasteiger partial charge in [0.2, 0.25) is 11.6 Å². The molecule has 0 saturated heterocycles. The summed E-state index contributed by atoms with van der Waals surface area (Å²) in [6.45, 7) is 14.9. The van der Waals surface area contributed by atoms with Gasteiger partial charge in [-0.1, -0.05) is 0 Å². The monoisotopic (exact) mass is 787 g/mol. The highest BCUT2D eigenvalue weighted by Crippen LogP contribution is 2.52. The fraction of sp³-hybridized carbons (Fsp3) is 0.0270. The molecule has 2 aromatic carbocycles. The highest BCUT2D eigenvalue weighted by Gasteiger charge is 2.37. The standard InChI is InChI=1S/C37H9F4N7O2S4/c1-44-20(10-42)26-12-4-16(38)18(40)6-14(12)32(49)28(26)46-24-8-22-34(53-24)30-36(51-22)37-31(48(30)3)35-23(52-37)9-25(54-35)47-29-27(21(11-43)45-2)13-5-17(39)19(41)7-15(13)33(29)50/h4-9H,3H3/b26-20+,27-21?,46-28?,47-29?. The molecule has 17 heteroatoms. The molecule has 0 atom stereocenters. The summed E-state index contributed by atoms with van der Waals surface area (Å²) in [6.07, 6.45) is 0. The molecule has 0 radical (unpaired) electrons. The third kappa shape index (κ3) is 4.48. The lowest BCUT2D eigenvalue weighted by Crippen LogP contribution is -2.07. The predicted octanol–water partition coefficient (Wildman–Crippen LogP) is 10.7. The van der Waals surface area contributed by atoms with Gasteiger partial charge in [0.15, 0.2) is 23.3 Å². The highest BCUT2D eigenvalue weighted by molar-refractivity contribution is 7.39. The van der Waals surface area contributed by atoms with Gasteiger partial charge in [-0.25, -0.2) is 47.8 Å². The zero-order chi connectivity index (χ0) is 37.9. The average molecular weight is 788 g/mol. The number of aryl methyl sites for hydroxylation is 1. The van der Waals surface area contributed by atoms with Gasteiger partial charge in [0, 0.05) is 29.3 Å². The number of halogens is 4. The van der Waals surface area contributed by atoms with E-state index in [-0.39, 0.29) is 44.8 Å². The van der Waals surface area contributed by atoms with Gasteiger partial charge in [-0.3, -0.25) is 9.59 Å². The van der Waals surface area contributed by atoms with E-state index in [2.05, 4.69) is 19.7 Å². The van der Waals surface area contributed by atoms with Crippen molar-refractivity contribution in [3.8, 4) is 12.1 Å². The van der Waals surface area contributed by atoms with Gasteiger partial charge in [0.25, 0.3) is 11.4 Å². The SMILES string of the molecule is [C-]#[N+]C(C#N)=C1C(=Nc2cc3sc4c5sc6cc(N=C7C(=O)c8cc(F)c(F)cc8/C7=C(/C#N)[N+]#[C-])sc6c5n(C)c4c3s2)C(=O)c2cc(F)c(F)cc21. The Kier molecular flexibility index (Phi) is 7.21. The van der Waals surface area contributed by atoms with Crippen LogP contribution in [0.25, 0.3) is 60.1 Å². The van der Waals surface area contributed by atoms with Gasteiger partial charge in [0.05, 0.1) is 64.5 Å². The first-order chi connectivity index (χ1) is 26.0. The maximum atomic E-state index is 14.2. The van der Waals surface area contributed by atoms with Crippen LogP contribution >= 0.6 is 45.3 Å². The van der Waals surface area contributed by atoms with Crippen LogP contribution < -0.4 is 0 Å². The van der Waals surface area contributed by atoms with Crippen molar-refractivity contribution in [1.29, 1.82) is 10.5 Å². The minimum absolute atomic E-state index is 0.0770.